The zero-order valence-electron chi connectivity index (χ0n) is 17.2. The van der Waals surface area contributed by atoms with E-state index in [2.05, 4.69) is 4.98 Å². The normalized spacial score (nSPS) is 13.8. The number of carbonyl (C=O) groups is 2. The standard InChI is InChI=1S/C24H21ClFN3O2S/c25-22-14-19(26)5-8-21(22)24(31)29-12-10-28(11-13-29)23(30)18-3-6-20(7-4-18)32-16-17-2-1-9-27-15-17/h1-9,14-15H,10-13,16H2. The lowest BCUT2D eigenvalue weighted by Gasteiger charge is -2.35. The van der Waals surface area contributed by atoms with Crippen molar-refractivity contribution in [2.75, 3.05) is 26.2 Å². The summed E-state index contributed by atoms with van der Waals surface area (Å²) in [5.74, 6) is 0.0242. The first kappa shape index (κ1) is 22.3. The maximum atomic E-state index is 13.2. The molecule has 0 N–H and O–H groups in total. The fraction of sp³-hybridized carbons (Fsp3) is 0.208. The Balaban J connectivity index is 1.31. The zero-order chi connectivity index (χ0) is 22.5. The van der Waals surface area contributed by atoms with Gasteiger partial charge in [0, 0.05) is 54.8 Å². The van der Waals surface area contributed by atoms with Gasteiger partial charge in [0.2, 0.25) is 0 Å². The Kier molecular flexibility index (Phi) is 7.07. The number of nitrogens with zero attached hydrogens (tertiary/aromatic N) is 3. The van der Waals surface area contributed by atoms with E-state index in [1.807, 2.05) is 42.6 Å². The monoisotopic (exact) mass is 469 g/mol. The van der Waals surface area contributed by atoms with Gasteiger partial charge in [0.1, 0.15) is 5.82 Å². The summed E-state index contributed by atoms with van der Waals surface area (Å²) < 4.78 is 13.2. The summed E-state index contributed by atoms with van der Waals surface area (Å²) in [6.07, 6.45) is 3.60. The fourth-order valence-electron chi connectivity index (χ4n) is 3.47. The summed E-state index contributed by atoms with van der Waals surface area (Å²) in [5.41, 5.74) is 2.04. The molecule has 32 heavy (non-hydrogen) atoms. The van der Waals surface area contributed by atoms with Crippen LogP contribution in [-0.2, 0) is 5.75 Å². The molecule has 8 heteroatoms. The van der Waals surface area contributed by atoms with Crippen molar-refractivity contribution >= 4 is 35.2 Å². The van der Waals surface area contributed by atoms with Crippen molar-refractivity contribution < 1.29 is 14.0 Å². The number of carbonyl (C=O) groups excluding carboxylic acids is 2. The van der Waals surface area contributed by atoms with Crippen molar-refractivity contribution in [2.45, 2.75) is 10.6 Å². The highest BCUT2D eigenvalue weighted by Gasteiger charge is 2.26. The van der Waals surface area contributed by atoms with Gasteiger partial charge in [-0.3, -0.25) is 14.6 Å². The molecule has 0 bridgehead atoms. The maximum absolute atomic E-state index is 13.2. The largest absolute Gasteiger partial charge is 0.335 e. The van der Waals surface area contributed by atoms with Crippen LogP contribution in [0, 0.1) is 5.82 Å². The van der Waals surface area contributed by atoms with Crippen molar-refractivity contribution in [1.29, 1.82) is 0 Å². The van der Waals surface area contributed by atoms with E-state index in [9.17, 15) is 14.0 Å². The van der Waals surface area contributed by atoms with Gasteiger partial charge in [-0.05, 0) is 54.1 Å². The van der Waals surface area contributed by atoms with Crippen LogP contribution in [-0.4, -0.2) is 52.8 Å². The molecule has 0 aliphatic carbocycles. The molecule has 1 saturated heterocycles. The molecular weight excluding hydrogens is 449 g/mol. The van der Waals surface area contributed by atoms with Gasteiger partial charge in [0.05, 0.1) is 10.6 Å². The third-order valence-electron chi connectivity index (χ3n) is 5.25. The zero-order valence-corrected chi connectivity index (χ0v) is 18.8. The Labute approximate surface area is 195 Å². The number of piperazine rings is 1. The van der Waals surface area contributed by atoms with Gasteiger partial charge in [0.25, 0.3) is 11.8 Å². The molecule has 0 unspecified atom stereocenters. The van der Waals surface area contributed by atoms with E-state index in [-0.39, 0.29) is 22.4 Å². The molecule has 1 aliphatic heterocycles. The fourth-order valence-corrected chi connectivity index (χ4v) is 4.55. The molecule has 164 valence electrons. The number of rotatable bonds is 5. The average molecular weight is 470 g/mol. The van der Waals surface area contributed by atoms with E-state index in [0.717, 1.165) is 22.3 Å². The SMILES string of the molecule is O=C(c1ccc(SCc2cccnc2)cc1)N1CCN(C(=O)c2ccc(F)cc2Cl)CC1. The minimum atomic E-state index is -0.483. The van der Waals surface area contributed by atoms with Crippen molar-refractivity contribution in [3.63, 3.8) is 0 Å². The van der Waals surface area contributed by atoms with Crippen LogP contribution in [0.4, 0.5) is 4.39 Å². The number of benzene rings is 2. The summed E-state index contributed by atoms with van der Waals surface area (Å²) in [5, 5.41) is 0.0926. The Hall–Kier alpha value is -2.90. The number of aromatic nitrogens is 1. The van der Waals surface area contributed by atoms with Crippen LogP contribution in [0.2, 0.25) is 5.02 Å². The van der Waals surface area contributed by atoms with Crippen LogP contribution in [0.3, 0.4) is 0 Å². The van der Waals surface area contributed by atoms with E-state index in [4.69, 9.17) is 11.6 Å². The minimum Gasteiger partial charge on any atom is -0.335 e. The second kappa shape index (κ2) is 10.1. The lowest BCUT2D eigenvalue weighted by molar-refractivity contribution is 0.0535. The quantitative estimate of drug-likeness (QED) is 0.505. The van der Waals surface area contributed by atoms with Crippen LogP contribution in [0.5, 0.6) is 0 Å². The lowest BCUT2D eigenvalue weighted by Crippen LogP contribution is -2.50. The van der Waals surface area contributed by atoms with Crippen LogP contribution in [0.25, 0.3) is 0 Å². The summed E-state index contributed by atoms with van der Waals surface area (Å²) in [7, 11) is 0. The van der Waals surface area contributed by atoms with Gasteiger partial charge in [-0.15, -0.1) is 11.8 Å². The number of amides is 2. The molecule has 3 aromatic rings. The average Bonchev–Trinajstić information content (AvgIpc) is 2.83. The summed E-state index contributed by atoms with van der Waals surface area (Å²) >= 11 is 7.71. The minimum absolute atomic E-state index is 0.0549. The molecule has 5 nitrogen and oxygen atoms in total. The third-order valence-corrected chi connectivity index (χ3v) is 6.64. The van der Waals surface area contributed by atoms with Crippen molar-refractivity contribution in [1.82, 2.24) is 14.8 Å². The van der Waals surface area contributed by atoms with Gasteiger partial charge < -0.3 is 9.80 Å². The number of hydrogen-bond acceptors (Lipinski definition) is 4. The number of hydrogen-bond donors (Lipinski definition) is 0. The lowest BCUT2D eigenvalue weighted by atomic mass is 10.1. The molecule has 0 saturated carbocycles. The first-order valence-electron chi connectivity index (χ1n) is 10.2. The number of pyridine rings is 1. The number of halogens is 2. The molecule has 1 aliphatic rings. The van der Waals surface area contributed by atoms with Crippen LogP contribution >= 0.6 is 23.4 Å². The van der Waals surface area contributed by atoms with Crippen molar-refractivity contribution in [2.24, 2.45) is 0 Å². The highest BCUT2D eigenvalue weighted by Crippen LogP contribution is 2.24. The summed E-state index contributed by atoms with van der Waals surface area (Å²) in [4.78, 5) is 34.1. The van der Waals surface area contributed by atoms with E-state index in [1.165, 1.54) is 12.1 Å². The molecule has 0 radical (unpaired) electrons. The van der Waals surface area contributed by atoms with E-state index in [0.29, 0.717) is 31.7 Å². The second-order valence-corrected chi connectivity index (χ2v) is 8.84. The second-order valence-electron chi connectivity index (χ2n) is 7.38. The van der Waals surface area contributed by atoms with E-state index < -0.39 is 5.82 Å². The van der Waals surface area contributed by atoms with Gasteiger partial charge in [0.15, 0.2) is 0 Å². The summed E-state index contributed by atoms with van der Waals surface area (Å²) in [6.45, 7) is 1.66. The third kappa shape index (κ3) is 5.29. The Morgan fingerprint density at radius 3 is 2.28 bits per heavy atom. The molecular formula is C24H21ClFN3O2S. The van der Waals surface area contributed by atoms with Crippen molar-refractivity contribution in [3.05, 3.63) is 94.5 Å². The van der Waals surface area contributed by atoms with Crippen LogP contribution < -0.4 is 0 Å². The molecule has 2 heterocycles. The predicted molar refractivity (Wildman–Crippen MR) is 123 cm³/mol. The van der Waals surface area contributed by atoms with E-state index in [1.54, 1.807) is 27.8 Å². The molecule has 1 fully saturated rings. The van der Waals surface area contributed by atoms with Gasteiger partial charge in [-0.1, -0.05) is 17.7 Å². The first-order valence-corrected chi connectivity index (χ1v) is 11.5. The maximum Gasteiger partial charge on any atom is 0.255 e. The van der Waals surface area contributed by atoms with Crippen LogP contribution in [0.15, 0.2) is 71.9 Å². The van der Waals surface area contributed by atoms with Gasteiger partial charge >= 0.3 is 0 Å². The molecule has 4 rings (SSSR count). The highest BCUT2D eigenvalue weighted by atomic mass is 35.5. The predicted octanol–water partition coefficient (Wildman–Crippen LogP) is 4.76. The Bertz CT molecular complexity index is 1100. The molecule has 2 aromatic carbocycles. The molecule has 2 amide bonds. The topological polar surface area (TPSA) is 53.5 Å². The summed E-state index contributed by atoms with van der Waals surface area (Å²) in [6, 6.07) is 15.3. The Morgan fingerprint density at radius 1 is 0.969 bits per heavy atom. The highest BCUT2D eigenvalue weighted by molar-refractivity contribution is 7.98. The van der Waals surface area contributed by atoms with Crippen molar-refractivity contribution in [3.8, 4) is 0 Å². The molecule has 0 spiro atoms. The molecule has 0 atom stereocenters. The Morgan fingerprint density at radius 2 is 1.66 bits per heavy atom. The number of thioether (sulfide) groups is 1. The first-order chi connectivity index (χ1) is 15.5. The van der Waals surface area contributed by atoms with Gasteiger partial charge in [-0.2, -0.15) is 0 Å². The smallest absolute Gasteiger partial charge is 0.255 e. The van der Waals surface area contributed by atoms with Crippen LogP contribution in [0.1, 0.15) is 26.3 Å². The van der Waals surface area contributed by atoms with Gasteiger partial charge in [-0.25, -0.2) is 4.39 Å². The molecule has 1 aromatic heterocycles. The van der Waals surface area contributed by atoms with E-state index >= 15 is 0 Å².